The molecule has 0 aliphatic heterocycles. The van der Waals surface area contributed by atoms with E-state index in [1.54, 1.807) is 13.0 Å². The standard InChI is InChI=1S/C13H16BrNO4/c1-4-19-11-6-5-9(7-10(11)15(17)18)13(16)12(14)8(2)3/h5-8,12H,4H2,1-3H3. The van der Waals surface area contributed by atoms with Crippen LogP contribution in [0.25, 0.3) is 0 Å². The number of nitro groups is 1. The predicted octanol–water partition coefficient (Wildman–Crippen LogP) is 3.60. The molecule has 0 saturated heterocycles. The molecule has 104 valence electrons. The topological polar surface area (TPSA) is 69.4 Å². The highest BCUT2D eigenvalue weighted by Gasteiger charge is 2.24. The van der Waals surface area contributed by atoms with Crippen molar-refractivity contribution in [2.75, 3.05) is 6.61 Å². The van der Waals surface area contributed by atoms with E-state index >= 15 is 0 Å². The second-order valence-electron chi connectivity index (χ2n) is 4.38. The highest BCUT2D eigenvalue weighted by molar-refractivity contribution is 9.10. The number of hydrogen-bond acceptors (Lipinski definition) is 4. The van der Waals surface area contributed by atoms with Crippen LogP contribution < -0.4 is 4.74 Å². The van der Waals surface area contributed by atoms with Gasteiger partial charge in [0.05, 0.1) is 16.4 Å². The summed E-state index contributed by atoms with van der Waals surface area (Å²) in [5.41, 5.74) is 0.127. The second-order valence-corrected chi connectivity index (χ2v) is 5.37. The van der Waals surface area contributed by atoms with E-state index in [2.05, 4.69) is 15.9 Å². The lowest BCUT2D eigenvalue weighted by Gasteiger charge is -2.13. The van der Waals surface area contributed by atoms with Crippen molar-refractivity contribution in [1.29, 1.82) is 0 Å². The normalized spacial score (nSPS) is 12.3. The molecule has 1 rings (SSSR count). The zero-order valence-corrected chi connectivity index (χ0v) is 12.6. The molecule has 5 nitrogen and oxygen atoms in total. The fourth-order valence-corrected chi connectivity index (χ4v) is 1.82. The molecule has 0 radical (unpaired) electrons. The molecule has 0 heterocycles. The molecule has 19 heavy (non-hydrogen) atoms. The van der Waals surface area contributed by atoms with Crippen LogP contribution in [0.4, 0.5) is 5.69 Å². The van der Waals surface area contributed by atoms with Crippen molar-refractivity contribution in [3.8, 4) is 5.75 Å². The maximum atomic E-state index is 12.1. The summed E-state index contributed by atoms with van der Waals surface area (Å²) in [5.74, 6) is 0.124. The van der Waals surface area contributed by atoms with Crippen molar-refractivity contribution in [3.05, 3.63) is 33.9 Å². The summed E-state index contributed by atoms with van der Waals surface area (Å²) in [6.07, 6.45) is 0. The van der Waals surface area contributed by atoms with Crippen LogP contribution >= 0.6 is 15.9 Å². The summed E-state index contributed by atoms with van der Waals surface area (Å²) in [6, 6.07) is 4.29. The van der Waals surface area contributed by atoms with Gasteiger partial charge >= 0.3 is 5.69 Å². The van der Waals surface area contributed by atoms with E-state index in [9.17, 15) is 14.9 Å². The molecule has 1 atom stereocenters. The van der Waals surface area contributed by atoms with Crippen LogP contribution in [0.5, 0.6) is 5.75 Å². The van der Waals surface area contributed by atoms with Gasteiger partial charge in [-0.05, 0) is 25.0 Å². The average molecular weight is 330 g/mol. The van der Waals surface area contributed by atoms with E-state index in [-0.39, 0.29) is 28.0 Å². The molecule has 0 fully saturated rings. The number of ether oxygens (including phenoxy) is 1. The van der Waals surface area contributed by atoms with E-state index < -0.39 is 4.92 Å². The van der Waals surface area contributed by atoms with Gasteiger partial charge in [0.1, 0.15) is 0 Å². The van der Waals surface area contributed by atoms with Crippen LogP contribution in [0.2, 0.25) is 0 Å². The second kappa shape index (κ2) is 6.65. The van der Waals surface area contributed by atoms with E-state index in [1.807, 2.05) is 13.8 Å². The Balaban J connectivity index is 3.15. The lowest BCUT2D eigenvalue weighted by atomic mass is 10.0. The number of ketones is 1. The minimum Gasteiger partial charge on any atom is -0.487 e. The Morgan fingerprint density at radius 3 is 2.58 bits per heavy atom. The summed E-state index contributed by atoms with van der Waals surface area (Å²) in [6.45, 7) is 5.89. The Bertz CT molecular complexity index is 488. The maximum absolute atomic E-state index is 12.1. The van der Waals surface area contributed by atoms with E-state index in [1.165, 1.54) is 12.1 Å². The Morgan fingerprint density at radius 2 is 2.11 bits per heavy atom. The molecular weight excluding hydrogens is 314 g/mol. The molecule has 1 aromatic carbocycles. The van der Waals surface area contributed by atoms with Crippen LogP contribution in [-0.4, -0.2) is 22.1 Å². The summed E-state index contributed by atoms with van der Waals surface area (Å²) < 4.78 is 5.18. The number of nitro benzene ring substituents is 1. The number of alkyl halides is 1. The van der Waals surface area contributed by atoms with Gasteiger partial charge in [-0.15, -0.1) is 0 Å². The molecule has 0 amide bonds. The number of hydrogen-bond donors (Lipinski definition) is 0. The zero-order chi connectivity index (χ0) is 14.6. The highest BCUT2D eigenvalue weighted by atomic mass is 79.9. The Hall–Kier alpha value is -1.43. The van der Waals surface area contributed by atoms with Crippen LogP contribution in [-0.2, 0) is 0 Å². The summed E-state index contributed by atoms with van der Waals surface area (Å²) in [5, 5.41) is 11.0. The van der Waals surface area contributed by atoms with Crippen molar-refractivity contribution in [1.82, 2.24) is 0 Å². The largest absolute Gasteiger partial charge is 0.487 e. The molecule has 0 bridgehead atoms. The monoisotopic (exact) mass is 329 g/mol. The number of carbonyl (C=O) groups is 1. The van der Waals surface area contributed by atoms with E-state index in [0.29, 0.717) is 12.2 Å². The molecule has 0 saturated carbocycles. The number of benzene rings is 1. The smallest absolute Gasteiger partial charge is 0.311 e. The zero-order valence-electron chi connectivity index (χ0n) is 11.1. The van der Waals surface area contributed by atoms with E-state index in [4.69, 9.17) is 4.74 Å². The van der Waals surface area contributed by atoms with Gasteiger partial charge < -0.3 is 4.74 Å². The number of halogens is 1. The van der Waals surface area contributed by atoms with Gasteiger partial charge in [-0.25, -0.2) is 0 Å². The average Bonchev–Trinajstić information content (AvgIpc) is 2.37. The molecule has 0 aliphatic carbocycles. The Labute approximate surface area is 120 Å². The highest BCUT2D eigenvalue weighted by Crippen LogP contribution is 2.29. The third-order valence-electron chi connectivity index (χ3n) is 2.58. The van der Waals surface area contributed by atoms with Crippen molar-refractivity contribution in [2.45, 2.75) is 25.6 Å². The third kappa shape index (κ3) is 3.76. The first-order chi connectivity index (χ1) is 8.88. The van der Waals surface area contributed by atoms with Crippen LogP contribution in [0.3, 0.4) is 0 Å². The first-order valence-corrected chi connectivity index (χ1v) is 6.89. The fourth-order valence-electron chi connectivity index (χ4n) is 1.55. The molecule has 6 heteroatoms. The first-order valence-electron chi connectivity index (χ1n) is 5.98. The summed E-state index contributed by atoms with van der Waals surface area (Å²) >= 11 is 3.30. The van der Waals surface area contributed by atoms with E-state index in [0.717, 1.165) is 0 Å². The van der Waals surface area contributed by atoms with Gasteiger partial charge in [-0.1, -0.05) is 29.8 Å². The SMILES string of the molecule is CCOc1ccc(C(=O)C(Br)C(C)C)cc1[N+](=O)[O-]. The van der Waals surface area contributed by atoms with Crippen LogP contribution in [0.15, 0.2) is 18.2 Å². The van der Waals surface area contributed by atoms with Crippen molar-refractivity contribution in [2.24, 2.45) is 5.92 Å². The minimum atomic E-state index is -0.541. The lowest BCUT2D eigenvalue weighted by molar-refractivity contribution is -0.385. The number of Topliss-reactive ketones (excluding diaryl/α,β-unsaturated/α-hetero) is 1. The quantitative estimate of drug-likeness (QED) is 0.346. The molecule has 0 N–H and O–H groups in total. The predicted molar refractivity (Wildman–Crippen MR) is 76.1 cm³/mol. The third-order valence-corrected chi connectivity index (χ3v) is 4.05. The minimum absolute atomic E-state index is 0.109. The summed E-state index contributed by atoms with van der Waals surface area (Å²) in [4.78, 5) is 22.2. The number of nitrogens with zero attached hydrogens (tertiary/aromatic N) is 1. The Morgan fingerprint density at radius 1 is 1.47 bits per heavy atom. The molecule has 0 aromatic heterocycles. The van der Waals surface area contributed by atoms with Crippen LogP contribution in [0, 0.1) is 16.0 Å². The first kappa shape index (κ1) is 15.6. The number of rotatable bonds is 6. The van der Waals surface area contributed by atoms with Gasteiger partial charge in [-0.2, -0.15) is 0 Å². The number of carbonyl (C=O) groups excluding carboxylic acids is 1. The molecule has 0 spiro atoms. The molecule has 0 aliphatic rings. The maximum Gasteiger partial charge on any atom is 0.311 e. The Kier molecular flexibility index (Phi) is 5.47. The van der Waals surface area contributed by atoms with Gasteiger partial charge in [-0.3, -0.25) is 14.9 Å². The molecular formula is C13H16BrNO4. The van der Waals surface area contributed by atoms with Gasteiger partial charge in [0.2, 0.25) is 0 Å². The van der Waals surface area contributed by atoms with Gasteiger partial charge in [0.15, 0.2) is 11.5 Å². The summed E-state index contributed by atoms with van der Waals surface area (Å²) in [7, 11) is 0. The molecule has 1 aromatic rings. The van der Waals surface area contributed by atoms with Gasteiger partial charge in [0.25, 0.3) is 0 Å². The van der Waals surface area contributed by atoms with Gasteiger partial charge in [0, 0.05) is 11.6 Å². The lowest BCUT2D eigenvalue weighted by Crippen LogP contribution is -2.20. The van der Waals surface area contributed by atoms with Crippen molar-refractivity contribution < 1.29 is 14.5 Å². The van der Waals surface area contributed by atoms with Crippen molar-refractivity contribution >= 4 is 27.4 Å². The fraction of sp³-hybridized carbons (Fsp3) is 0.462. The van der Waals surface area contributed by atoms with Crippen LogP contribution in [0.1, 0.15) is 31.1 Å². The van der Waals surface area contributed by atoms with Crippen molar-refractivity contribution in [3.63, 3.8) is 0 Å². The molecule has 1 unspecified atom stereocenters.